The standard InChI is InChI=1S/C16H19N5O7/c1-6(23)7-2-9(24)21(15(7)27)14-10-13(17-4-18-14)20(5-19-10)16-12(26)11(25)8(3-22)28-16/h4-8,11-12,16,22-23,25-26H,2-3H2,1H3/t6?,7?,8-,11-,12-,16-/m1/s1. The predicted molar refractivity (Wildman–Crippen MR) is 90.6 cm³/mol. The van der Waals surface area contributed by atoms with E-state index in [4.69, 9.17) is 4.74 Å². The summed E-state index contributed by atoms with van der Waals surface area (Å²) in [5, 5.41) is 39.2. The quantitative estimate of drug-likeness (QED) is 0.414. The highest BCUT2D eigenvalue weighted by Crippen LogP contribution is 2.34. The van der Waals surface area contributed by atoms with Crippen LogP contribution in [0.1, 0.15) is 19.6 Å². The Morgan fingerprint density at radius 3 is 2.61 bits per heavy atom. The summed E-state index contributed by atoms with van der Waals surface area (Å²) < 4.78 is 6.81. The van der Waals surface area contributed by atoms with Gasteiger partial charge in [0.15, 0.2) is 23.2 Å². The van der Waals surface area contributed by atoms with Gasteiger partial charge < -0.3 is 25.2 Å². The average molecular weight is 393 g/mol. The van der Waals surface area contributed by atoms with E-state index in [1.54, 1.807) is 0 Å². The van der Waals surface area contributed by atoms with Crippen molar-refractivity contribution in [3.63, 3.8) is 0 Å². The molecule has 2 aliphatic rings. The summed E-state index contributed by atoms with van der Waals surface area (Å²) in [6.45, 7) is 0.949. The third-order valence-electron chi connectivity index (χ3n) is 5.11. The van der Waals surface area contributed by atoms with E-state index in [2.05, 4.69) is 15.0 Å². The molecule has 0 radical (unpaired) electrons. The molecule has 12 heteroatoms. The fourth-order valence-corrected chi connectivity index (χ4v) is 3.55. The molecule has 2 unspecified atom stereocenters. The van der Waals surface area contributed by atoms with Crippen molar-refractivity contribution in [2.45, 2.75) is 44.0 Å². The Hall–Kier alpha value is -2.51. The maximum absolute atomic E-state index is 12.6. The number of imide groups is 1. The summed E-state index contributed by atoms with van der Waals surface area (Å²) in [4.78, 5) is 38.0. The first kappa shape index (κ1) is 18.8. The monoisotopic (exact) mass is 393 g/mol. The van der Waals surface area contributed by atoms with Gasteiger partial charge in [-0.15, -0.1) is 0 Å². The van der Waals surface area contributed by atoms with Gasteiger partial charge in [0.1, 0.15) is 24.6 Å². The molecule has 6 atom stereocenters. The van der Waals surface area contributed by atoms with Crippen molar-refractivity contribution in [3.05, 3.63) is 12.7 Å². The Kier molecular flexibility index (Phi) is 4.59. The molecule has 2 amide bonds. The lowest BCUT2D eigenvalue weighted by atomic mass is 10.0. The van der Waals surface area contributed by atoms with Crippen LogP contribution in [0.15, 0.2) is 12.7 Å². The maximum Gasteiger partial charge on any atom is 0.241 e. The molecule has 0 saturated carbocycles. The van der Waals surface area contributed by atoms with E-state index in [-0.39, 0.29) is 23.4 Å². The number of aliphatic hydroxyl groups is 4. The molecule has 150 valence electrons. The number of carbonyl (C=O) groups is 2. The van der Waals surface area contributed by atoms with Crippen LogP contribution in [0.4, 0.5) is 5.82 Å². The lowest BCUT2D eigenvalue weighted by molar-refractivity contribution is -0.123. The Labute approximate surface area is 158 Å². The van der Waals surface area contributed by atoms with Crippen molar-refractivity contribution >= 4 is 28.8 Å². The van der Waals surface area contributed by atoms with E-state index >= 15 is 0 Å². The first-order chi connectivity index (χ1) is 13.3. The SMILES string of the molecule is CC(O)C1CC(=O)N(c2ncnc3c2ncn3[C@@H]2O[C@H](CO)[C@@H](O)[C@H]2O)C1=O. The second-order valence-corrected chi connectivity index (χ2v) is 6.87. The molecular weight excluding hydrogens is 374 g/mol. The molecule has 4 N–H and O–H groups in total. The molecule has 2 fully saturated rings. The first-order valence-electron chi connectivity index (χ1n) is 8.70. The second kappa shape index (κ2) is 6.83. The molecule has 28 heavy (non-hydrogen) atoms. The zero-order valence-corrected chi connectivity index (χ0v) is 14.8. The van der Waals surface area contributed by atoms with Crippen LogP contribution in [0, 0.1) is 5.92 Å². The van der Waals surface area contributed by atoms with Crippen molar-refractivity contribution in [1.82, 2.24) is 19.5 Å². The number of nitrogens with zero attached hydrogens (tertiary/aromatic N) is 5. The van der Waals surface area contributed by atoms with Gasteiger partial charge in [-0.25, -0.2) is 19.9 Å². The lowest BCUT2D eigenvalue weighted by Gasteiger charge is -2.17. The number of fused-ring (bicyclic) bond motifs is 1. The maximum atomic E-state index is 12.6. The number of aliphatic hydroxyl groups excluding tert-OH is 4. The zero-order valence-electron chi connectivity index (χ0n) is 14.8. The lowest BCUT2D eigenvalue weighted by Crippen LogP contribution is -2.34. The van der Waals surface area contributed by atoms with Gasteiger partial charge in [-0.1, -0.05) is 0 Å². The topological polar surface area (TPSA) is 171 Å². The predicted octanol–water partition coefficient (Wildman–Crippen LogP) is -2.30. The summed E-state index contributed by atoms with van der Waals surface area (Å²) >= 11 is 0. The number of ether oxygens (including phenoxy) is 1. The summed E-state index contributed by atoms with van der Waals surface area (Å²) in [5.41, 5.74) is 0.286. The smallest absolute Gasteiger partial charge is 0.241 e. The van der Waals surface area contributed by atoms with Crippen LogP contribution in [0.25, 0.3) is 11.2 Å². The molecule has 0 bridgehead atoms. The zero-order chi connectivity index (χ0) is 20.2. The molecule has 0 aliphatic carbocycles. The highest BCUT2D eigenvalue weighted by Gasteiger charge is 2.46. The fourth-order valence-electron chi connectivity index (χ4n) is 3.55. The number of anilines is 1. The number of amides is 2. The van der Waals surface area contributed by atoms with Crippen molar-refractivity contribution in [2.75, 3.05) is 11.5 Å². The molecule has 2 aromatic rings. The van der Waals surface area contributed by atoms with Gasteiger partial charge in [0.05, 0.1) is 25.0 Å². The highest BCUT2D eigenvalue weighted by atomic mass is 16.6. The van der Waals surface area contributed by atoms with Gasteiger partial charge in [-0.2, -0.15) is 0 Å². The van der Waals surface area contributed by atoms with E-state index < -0.39 is 55.0 Å². The summed E-state index contributed by atoms with van der Waals surface area (Å²) in [6.07, 6.45) is -3.42. The van der Waals surface area contributed by atoms with Gasteiger partial charge in [0, 0.05) is 6.42 Å². The van der Waals surface area contributed by atoms with Crippen molar-refractivity contribution in [2.24, 2.45) is 5.92 Å². The number of carbonyl (C=O) groups excluding carboxylic acids is 2. The fraction of sp³-hybridized carbons (Fsp3) is 0.562. The van der Waals surface area contributed by atoms with Gasteiger partial charge in [0.25, 0.3) is 0 Å². The summed E-state index contributed by atoms with van der Waals surface area (Å²) in [5.74, 6) is -1.99. The third-order valence-corrected chi connectivity index (χ3v) is 5.11. The van der Waals surface area contributed by atoms with E-state index in [0.29, 0.717) is 0 Å². The Morgan fingerprint density at radius 2 is 2.00 bits per heavy atom. The van der Waals surface area contributed by atoms with Crippen molar-refractivity contribution < 1.29 is 34.8 Å². The number of rotatable bonds is 4. The van der Waals surface area contributed by atoms with Gasteiger partial charge in [-0.05, 0) is 6.92 Å². The largest absolute Gasteiger partial charge is 0.394 e. The molecule has 2 aliphatic heterocycles. The van der Waals surface area contributed by atoms with Crippen LogP contribution >= 0.6 is 0 Å². The minimum absolute atomic E-state index is 0.0337. The highest BCUT2D eigenvalue weighted by molar-refractivity contribution is 6.22. The third kappa shape index (κ3) is 2.69. The van der Waals surface area contributed by atoms with Crippen LogP contribution in [0.3, 0.4) is 0 Å². The summed E-state index contributed by atoms with van der Waals surface area (Å²) in [6, 6.07) is 0. The van der Waals surface area contributed by atoms with Gasteiger partial charge in [0.2, 0.25) is 11.8 Å². The van der Waals surface area contributed by atoms with E-state index in [1.807, 2.05) is 0 Å². The van der Waals surface area contributed by atoms with E-state index in [1.165, 1.54) is 17.8 Å². The Balaban J connectivity index is 1.74. The molecule has 4 rings (SSSR count). The normalized spacial score (nSPS) is 31.9. The molecule has 0 spiro atoms. The number of imidazole rings is 1. The van der Waals surface area contributed by atoms with Crippen molar-refractivity contribution in [3.8, 4) is 0 Å². The number of hydrogen-bond donors (Lipinski definition) is 4. The number of hydrogen-bond acceptors (Lipinski definition) is 10. The Morgan fingerprint density at radius 1 is 1.25 bits per heavy atom. The minimum atomic E-state index is -1.34. The number of aromatic nitrogens is 4. The van der Waals surface area contributed by atoms with Crippen LogP contribution in [0.2, 0.25) is 0 Å². The van der Waals surface area contributed by atoms with Crippen LogP contribution in [-0.2, 0) is 14.3 Å². The average Bonchev–Trinajstić information content (AvgIpc) is 3.30. The van der Waals surface area contributed by atoms with Gasteiger partial charge >= 0.3 is 0 Å². The van der Waals surface area contributed by atoms with E-state index in [9.17, 15) is 30.0 Å². The van der Waals surface area contributed by atoms with E-state index in [0.717, 1.165) is 11.2 Å². The summed E-state index contributed by atoms with van der Waals surface area (Å²) in [7, 11) is 0. The molecular formula is C16H19N5O7. The molecule has 4 heterocycles. The molecule has 2 saturated heterocycles. The van der Waals surface area contributed by atoms with Gasteiger partial charge in [-0.3, -0.25) is 14.2 Å². The molecule has 2 aromatic heterocycles. The van der Waals surface area contributed by atoms with Crippen LogP contribution in [0.5, 0.6) is 0 Å². The second-order valence-electron chi connectivity index (χ2n) is 6.87. The van der Waals surface area contributed by atoms with Crippen LogP contribution in [-0.4, -0.2) is 82.8 Å². The van der Waals surface area contributed by atoms with Crippen molar-refractivity contribution in [1.29, 1.82) is 0 Å². The first-order valence-corrected chi connectivity index (χ1v) is 8.70. The van der Waals surface area contributed by atoms with Crippen LogP contribution < -0.4 is 4.90 Å². The Bertz CT molecular complexity index is 931. The minimum Gasteiger partial charge on any atom is -0.394 e. The molecule has 12 nitrogen and oxygen atoms in total. The molecule has 0 aromatic carbocycles.